The smallest absolute Gasteiger partial charge is 0.321 e. The molecule has 0 radical (unpaired) electrons. The van der Waals surface area contributed by atoms with Crippen LogP contribution in [0.1, 0.15) is 54.1 Å². The number of hydrogen-bond acceptors (Lipinski definition) is 5. The van der Waals surface area contributed by atoms with Gasteiger partial charge in [0.05, 0.1) is 6.42 Å². The Morgan fingerprint density at radius 1 is 1.04 bits per heavy atom. The third-order valence-corrected chi connectivity index (χ3v) is 4.18. The Morgan fingerprint density at radius 2 is 1.77 bits per heavy atom. The summed E-state index contributed by atoms with van der Waals surface area (Å²) >= 11 is 0. The lowest BCUT2D eigenvalue weighted by Crippen LogP contribution is -2.41. The van der Waals surface area contributed by atoms with Gasteiger partial charge in [-0.05, 0) is 49.8 Å². The van der Waals surface area contributed by atoms with Gasteiger partial charge in [0.25, 0.3) is 5.91 Å². The number of amides is 3. The first-order valence-corrected chi connectivity index (χ1v) is 8.88. The van der Waals surface area contributed by atoms with E-state index in [2.05, 4.69) is 5.32 Å². The van der Waals surface area contributed by atoms with Crippen LogP contribution in [0.3, 0.4) is 0 Å². The lowest BCUT2D eigenvalue weighted by atomic mass is 9.89. The summed E-state index contributed by atoms with van der Waals surface area (Å²) in [6.45, 7) is 1.54. The lowest BCUT2D eigenvalue weighted by Gasteiger charge is -2.16. The predicted octanol–water partition coefficient (Wildman–Crippen LogP) is 1.92. The zero-order valence-corrected chi connectivity index (χ0v) is 14.9. The molecule has 0 saturated heterocycles. The van der Waals surface area contributed by atoms with Crippen LogP contribution in [0, 0.1) is 0 Å². The molecule has 0 heterocycles. The lowest BCUT2D eigenvalue weighted by molar-refractivity contribution is -0.148. The largest absolute Gasteiger partial charge is 0.456 e. The van der Waals surface area contributed by atoms with Crippen LogP contribution in [-0.2, 0) is 27.2 Å². The van der Waals surface area contributed by atoms with E-state index in [-0.39, 0.29) is 18.6 Å². The highest BCUT2D eigenvalue weighted by Crippen LogP contribution is 2.22. The van der Waals surface area contributed by atoms with E-state index >= 15 is 0 Å². The number of esters is 1. The number of carbonyl (C=O) groups excluding carboxylic acids is 4. The Morgan fingerprint density at radius 3 is 2.50 bits per heavy atom. The summed E-state index contributed by atoms with van der Waals surface area (Å²) < 4.78 is 4.78. The third-order valence-electron chi connectivity index (χ3n) is 4.18. The number of rotatable bonds is 7. The van der Waals surface area contributed by atoms with Crippen molar-refractivity contribution < 1.29 is 23.9 Å². The molecule has 0 aliphatic heterocycles. The molecule has 0 fully saturated rings. The average molecular weight is 360 g/mol. The Kier molecular flexibility index (Phi) is 7.32. The normalized spacial score (nSPS) is 12.7. The SMILES string of the molecule is CCNC(=O)NC(=O)COC(=O)CCC(=O)c1ccc2c(c1)CCCC2. The van der Waals surface area contributed by atoms with E-state index in [0.717, 1.165) is 19.3 Å². The second kappa shape index (κ2) is 9.70. The maximum Gasteiger partial charge on any atom is 0.321 e. The minimum atomic E-state index is -0.717. The minimum absolute atomic E-state index is 0.0234. The number of Topliss-reactive ketones (excluding diaryl/α,β-unsaturated/α-hetero) is 1. The van der Waals surface area contributed by atoms with Crippen molar-refractivity contribution in [2.24, 2.45) is 0 Å². The molecule has 26 heavy (non-hydrogen) atoms. The molecule has 0 aromatic heterocycles. The van der Waals surface area contributed by atoms with Crippen molar-refractivity contribution in [3.05, 3.63) is 34.9 Å². The molecule has 7 heteroatoms. The van der Waals surface area contributed by atoms with Crippen LogP contribution in [0.5, 0.6) is 0 Å². The van der Waals surface area contributed by atoms with Crippen LogP contribution in [-0.4, -0.2) is 36.8 Å². The molecular formula is C19H24N2O5. The van der Waals surface area contributed by atoms with Crippen LogP contribution in [0.4, 0.5) is 4.79 Å². The number of benzene rings is 1. The molecule has 1 aliphatic rings. The van der Waals surface area contributed by atoms with Gasteiger partial charge >= 0.3 is 12.0 Å². The number of hydrogen-bond donors (Lipinski definition) is 2. The van der Waals surface area contributed by atoms with Crippen molar-refractivity contribution in [2.45, 2.75) is 45.4 Å². The fourth-order valence-corrected chi connectivity index (χ4v) is 2.85. The van der Waals surface area contributed by atoms with Crippen molar-refractivity contribution in [1.29, 1.82) is 0 Å². The van der Waals surface area contributed by atoms with Gasteiger partial charge in [-0.25, -0.2) is 4.79 Å². The number of ketones is 1. The third kappa shape index (κ3) is 5.98. The molecular weight excluding hydrogens is 336 g/mol. The van der Waals surface area contributed by atoms with Crippen molar-refractivity contribution in [3.63, 3.8) is 0 Å². The summed E-state index contributed by atoms with van der Waals surface area (Å²) in [5, 5.41) is 4.41. The van der Waals surface area contributed by atoms with Crippen molar-refractivity contribution >= 4 is 23.7 Å². The van der Waals surface area contributed by atoms with E-state index in [4.69, 9.17) is 4.74 Å². The van der Waals surface area contributed by atoms with Crippen molar-refractivity contribution in [2.75, 3.05) is 13.2 Å². The predicted molar refractivity (Wildman–Crippen MR) is 94.8 cm³/mol. The molecule has 140 valence electrons. The molecule has 1 aromatic carbocycles. The van der Waals surface area contributed by atoms with Gasteiger partial charge in [-0.15, -0.1) is 0 Å². The Balaban J connectivity index is 1.74. The quantitative estimate of drug-likeness (QED) is 0.571. The van der Waals surface area contributed by atoms with Gasteiger partial charge in [0.2, 0.25) is 0 Å². The van der Waals surface area contributed by atoms with E-state index in [1.165, 1.54) is 17.5 Å². The number of aryl methyl sites for hydroxylation is 2. The fraction of sp³-hybridized carbons (Fsp3) is 0.474. The number of imide groups is 1. The monoisotopic (exact) mass is 360 g/mol. The van der Waals surface area contributed by atoms with E-state index < -0.39 is 24.5 Å². The number of fused-ring (bicyclic) bond motifs is 1. The van der Waals surface area contributed by atoms with Crippen LogP contribution in [0.25, 0.3) is 0 Å². The van der Waals surface area contributed by atoms with Crippen LogP contribution >= 0.6 is 0 Å². The summed E-state index contributed by atoms with van der Waals surface area (Å²) in [4.78, 5) is 46.5. The van der Waals surface area contributed by atoms with Gasteiger partial charge in [0.1, 0.15) is 0 Å². The highest BCUT2D eigenvalue weighted by Gasteiger charge is 2.15. The van der Waals surface area contributed by atoms with E-state index in [1.807, 2.05) is 17.4 Å². The topological polar surface area (TPSA) is 102 Å². The van der Waals surface area contributed by atoms with Crippen molar-refractivity contribution in [3.8, 4) is 0 Å². The molecule has 1 aromatic rings. The number of nitrogens with one attached hydrogen (secondary N) is 2. The Hall–Kier alpha value is -2.70. The highest BCUT2D eigenvalue weighted by molar-refractivity contribution is 5.98. The van der Waals surface area contributed by atoms with Gasteiger partial charge < -0.3 is 10.1 Å². The number of carbonyl (C=O) groups is 4. The molecule has 0 bridgehead atoms. The van der Waals surface area contributed by atoms with Gasteiger partial charge in [0.15, 0.2) is 12.4 Å². The maximum absolute atomic E-state index is 12.3. The summed E-state index contributed by atoms with van der Waals surface area (Å²) in [6.07, 6.45) is 4.27. The number of urea groups is 1. The molecule has 3 amide bonds. The van der Waals surface area contributed by atoms with Crippen LogP contribution < -0.4 is 10.6 Å². The molecule has 0 atom stereocenters. The fourth-order valence-electron chi connectivity index (χ4n) is 2.85. The Bertz CT molecular complexity index is 699. The standard InChI is InChI=1S/C19H24N2O5/c1-2-20-19(25)21-17(23)12-26-18(24)10-9-16(22)15-8-7-13-5-3-4-6-14(13)11-15/h7-8,11H,2-6,9-10,12H2,1H3,(H2,20,21,23,25). The van der Waals surface area contributed by atoms with Crippen LogP contribution in [0.15, 0.2) is 18.2 Å². The first-order chi connectivity index (χ1) is 12.5. The molecule has 0 spiro atoms. The Labute approximate surface area is 152 Å². The first-order valence-electron chi connectivity index (χ1n) is 8.88. The highest BCUT2D eigenvalue weighted by atomic mass is 16.5. The summed E-state index contributed by atoms with van der Waals surface area (Å²) in [7, 11) is 0. The van der Waals surface area contributed by atoms with Crippen LogP contribution in [0.2, 0.25) is 0 Å². The van der Waals surface area contributed by atoms with E-state index in [0.29, 0.717) is 12.1 Å². The molecule has 1 aliphatic carbocycles. The molecule has 2 rings (SSSR count). The molecule has 0 unspecified atom stereocenters. The van der Waals surface area contributed by atoms with Gasteiger partial charge in [-0.2, -0.15) is 0 Å². The van der Waals surface area contributed by atoms with Gasteiger partial charge in [-0.3, -0.25) is 19.7 Å². The number of ether oxygens (including phenoxy) is 1. The summed E-state index contributed by atoms with van der Waals surface area (Å²) in [5.41, 5.74) is 3.12. The van der Waals surface area contributed by atoms with E-state index in [1.54, 1.807) is 13.0 Å². The second-order valence-electron chi connectivity index (χ2n) is 6.18. The van der Waals surface area contributed by atoms with E-state index in [9.17, 15) is 19.2 Å². The van der Waals surface area contributed by atoms with Gasteiger partial charge in [-0.1, -0.05) is 12.1 Å². The summed E-state index contributed by atoms with van der Waals surface area (Å²) in [5.74, 6) is -1.49. The van der Waals surface area contributed by atoms with Gasteiger partial charge in [0, 0.05) is 18.5 Å². The average Bonchev–Trinajstić information content (AvgIpc) is 2.64. The maximum atomic E-state index is 12.3. The molecule has 0 saturated carbocycles. The zero-order valence-electron chi connectivity index (χ0n) is 14.9. The minimum Gasteiger partial charge on any atom is -0.456 e. The van der Waals surface area contributed by atoms with Crippen molar-refractivity contribution in [1.82, 2.24) is 10.6 Å². The first kappa shape index (κ1) is 19.6. The molecule has 7 nitrogen and oxygen atoms in total. The second-order valence-corrected chi connectivity index (χ2v) is 6.18. The molecule has 2 N–H and O–H groups in total. The zero-order chi connectivity index (χ0) is 18.9. The summed E-state index contributed by atoms with van der Waals surface area (Å²) in [6, 6.07) is 5.07.